The lowest BCUT2D eigenvalue weighted by Crippen LogP contribution is -2.34. The molecule has 0 aromatic carbocycles. The van der Waals surface area contributed by atoms with E-state index >= 15 is 0 Å². The summed E-state index contributed by atoms with van der Waals surface area (Å²) in [4.78, 5) is 0. The van der Waals surface area contributed by atoms with E-state index in [1.807, 2.05) is 0 Å². The van der Waals surface area contributed by atoms with E-state index in [0.717, 1.165) is 38.5 Å². The van der Waals surface area contributed by atoms with Gasteiger partial charge in [-0.25, -0.2) is 0 Å². The number of nitriles is 1. The zero-order chi connectivity index (χ0) is 12.6. The van der Waals surface area contributed by atoms with E-state index in [1.165, 1.54) is 32.1 Å². The monoisotopic (exact) mass is 237 g/mol. The normalized spacial score (nSPS) is 22.2. The highest BCUT2D eigenvalue weighted by molar-refractivity contribution is 5.03. The van der Waals surface area contributed by atoms with E-state index in [2.05, 4.69) is 13.0 Å². The van der Waals surface area contributed by atoms with Crippen LogP contribution in [-0.2, 0) is 0 Å². The second-order valence-electron chi connectivity index (χ2n) is 5.55. The van der Waals surface area contributed by atoms with E-state index in [9.17, 15) is 10.4 Å². The zero-order valence-electron chi connectivity index (χ0n) is 11.2. The maximum absolute atomic E-state index is 10.3. The molecule has 0 spiro atoms. The SMILES string of the molecule is CCCCCC(O)C1(C#N)CCCCCCC1. The van der Waals surface area contributed by atoms with Crippen molar-refractivity contribution >= 4 is 0 Å². The third kappa shape index (κ3) is 4.32. The topological polar surface area (TPSA) is 44.0 Å². The molecule has 0 aliphatic heterocycles. The Hall–Kier alpha value is -0.550. The molecule has 1 aliphatic rings. The first kappa shape index (κ1) is 14.5. The van der Waals surface area contributed by atoms with Gasteiger partial charge in [-0.15, -0.1) is 0 Å². The largest absolute Gasteiger partial charge is 0.391 e. The minimum Gasteiger partial charge on any atom is -0.391 e. The standard InChI is InChI=1S/C15H27NO/c1-2-3-7-10-14(17)15(13-16)11-8-5-4-6-9-12-15/h14,17H,2-12H2,1H3. The quantitative estimate of drug-likeness (QED) is 0.729. The van der Waals surface area contributed by atoms with Gasteiger partial charge in [-0.1, -0.05) is 58.3 Å². The third-order valence-corrected chi connectivity index (χ3v) is 4.19. The van der Waals surface area contributed by atoms with Crippen LogP contribution in [0.5, 0.6) is 0 Å². The van der Waals surface area contributed by atoms with Crippen LogP contribution in [-0.4, -0.2) is 11.2 Å². The highest BCUT2D eigenvalue weighted by atomic mass is 16.3. The van der Waals surface area contributed by atoms with Crippen LogP contribution in [0.3, 0.4) is 0 Å². The third-order valence-electron chi connectivity index (χ3n) is 4.19. The second-order valence-corrected chi connectivity index (χ2v) is 5.55. The maximum atomic E-state index is 10.3. The van der Waals surface area contributed by atoms with Crippen LogP contribution < -0.4 is 0 Å². The molecule has 0 bridgehead atoms. The number of unbranched alkanes of at least 4 members (excludes halogenated alkanes) is 2. The highest BCUT2D eigenvalue weighted by Gasteiger charge is 2.37. The first-order valence-corrected chi connectivity index (χ1v) is 7.34. The summed E-state index contributed by atoms with van der Waals surface area (Å²) in [6.07, 6.45) is 11.6. The summed E-state index contributed by atoms with van der Waals surface area (Å²) in [6, 6.07) is 2.46. The van der Waals surface area contributed by atoms with Gasteiger partial charge in [-0.2, -0.15) is 5.26 Å². The van der Waals surface area contributed by atoms with Gasteiger partial charge < -0.3 is 5.11 Å². The molecule has 2 heteroatoms. The van der Waals surface area contributed by atoms with Gasteiger partial charge in [0.2, 0.25) is 0 Å². The Morgan fingerprint density at radius 1 is 1.12 bits per heavy atom. The van der Waals surface area contributed by atoms with Crippen molar-refractivity contribution in [1.29, 1.82) is 5.26 Å². The molecule has 0 aromatic heterocycles. The zero-order valence-corrected chi connectivity index (χ0v) is 11.2. The molecule has 1 atom stereocenters. The molecule has 17 heavy (non-hydrogen) atoms. The molecule has 2 nitrogen and oxygen atoms in total. The first-order valence-electron chi connectivity index (χ1n) is 7.34. The fourth-order valence-corrected chi connectivity index (χ4v) is 2.92. The summed E-state index contributed by atoms with van der Waals surface area (Å²) in [5.41, 5.74) is -0.436. The molecule has 1 aliphatic carbocycles. The van der Waals surface area contributed by atoms with Crippen LogP contribution in [0.15, 0.2) is 0 Å². The number of hydrogen-bond acceptors (Lipinski definition) is 2. The van der Waals surface area contributed by atoms with Crippen molar-refractivity contribution in [3.8, 4) is 6.07 Å². The van der Waals surface area contributed by atoms with E-state index in [4.69, 9.17) is 0 Å². The van der Waals surface area contributed by atoms with Crippen molar-refractivity contribution in [2.45, 2.75) is 83.7 Å². The average molecular weight is 237 g/mol. The summed E-state index contributed by atoms with van der Waals surface area (Å²) >= 11 is 0. The molecular formula is C15H27NO. The summed E-state index contributed by atoms with van der Waals surface area (Å²) in [5.74, 6) is 0. The van der Waals surface area contributed by atoms with Gasteiger partial charge in [-0.3, -0.25) is 0 Å². The van der Waals surface area contributed by atoms with Crippen LogP contribution in [0.25, 0.3) is 0 Å². The number of hydrogen-bond donors (Lipinski definition) is 1. The minimum absolute atomic E-state index is 0.405. The number of aliphatic hydroxyl groups excluding tert-OH is 1. The van der Waals surface area contributed by atoms with Crippen molar-refractivity contribution in [2.75, 3.05) is 0 Å². The van der Waals surface area contributed by atoms with Crippen LogP contribution in [0.4, 0.5) is 0 Å². The molecule has 0 amide bonds. The smallest absolute Gasteiger partial charge is 0.0832 e. The molecule has 0 aromatic rings. The van der Waals surface area contributed by atoms with Crippen molar-refractivity contribution in [1.82, 2.24) is 0 Å². The Kier molecular flexibility index (Phi) is 6.58. The number of aliphatic hydroxyl groups is 1. The summed E-state index contributed by atoms with van der Waals surface area (Å²) in [5, 5.41) is 19.8. The Balaban J connectivity index is 2.54. The Morgan fingerprint density at radius 2 is 1.71 bits per heavy atom. The average Bonchev–Trinajstić information content (AvgIpc) is 2.30. The van der Waals surface area contributed by atoms with E-state index in [0.29, 0.717) is 0 Å². The van der Waals surface area contributed by atoms with E-state index in [1.54, 1.807) is 0 Å². The minimum atomic E-state index is -0.436. The van der Waals surface area contributed by atoms with Crippen molar-refractivity contribution in [3.05, 3.63) is 0 Å². The van der Waals surface area contributed by atoms with Crippen LogP contribution in [0, 0.1) is 16.7 Å². The predicted molar refractivity (Wildman–Crippen MR) is 70.5 cm³/mol. The fraction of sp³-hybridized carbons (Fsp3) is 0.933. The van der Waals surface area contributed by atoms with Crippen LogP contribution in [0.1, 0.15) is 77.6 Å². The van der Waals surface area contributed by atoms with Gasteiger partial charge in [0.05, 0.1) is 17.6 Å². The van der Waals surface area contributed by atoms with Gasteiger partial charge in [0, 0.05) is 0 Å². The van der Waals surface area contributed by atoms with Crippen molar-refractivity contribution in [3.63, 3.8) is 0 Å². The van der Waals surface area contributed by atoms with Crippen LogP contribution >= 0.6 is 0 Å². The molecule has 1 saturated carbocycles. The lowest BCUT2D eigenvalue weighted by atomic mass is 9.72. The van der Waals surface area contributed by atoms with E-state index < -0.39 is 11.5 Å². The lowest BCUT2D eigenvalue weighted by Gasteiger charge is -2.33. The van der Waals surface area contributed by atoms with Gasteiger partial charge in [-0.05, 0) is 19.3 Å². The lowest BCUT2D eigenvalue weighted by molar-refractivity contribution is 0.0360. The van der Waals surface area contributed by atoms with Crippen molar-refractivity contribution in [2.24, 2.45) is 5.41 Å². The summed E-state index contributed by atoms with van der Waals surface area (Å²) < 4.78 is 0. The van der Waals surface area contributed by atoms with Gasteiger partial charge in [0.25, 0.3) is 0 Å². The first-order chi connectivity index (χ1) is 8.25. The Morgan fingerprint density at radius 3 is 2.24 bits per heavy atom. The number of rotatable bonds is 5. The fourth-order valence-electron chi connectivity index (χ4n) is 2.92. The predicted octanol–water partition coefficient (Wildman–Crippen LogP) is 4.18. The Bertz CT molecular complexity index is 236. The van der Waals surface area contributed by atoms with Gasteiger partial charge in [0.15, 0.2) is 0 Å². The van der Waals surface area contributed by atoms with Gasteiger partial charge in [0.1, 0.15) is 0 Å². The molecule has 0 heterocycles. The molecule has 1 rings (SSSR count). The molecule has 98 valence electrons. The summed E-state index contributed by atoms with van der Waals surface area (Å²) in [6.45, 7) is 2.17. The maximum Gasteiger partial charge on any atom is 0.0832 e. The second kappa shape index (κ2) is 7.71. The number of nitrogens with zero attached hydrogens (tertiary/aromatic N) is 1. The van der Waals surface area contributed by atoms with Crippen LogP contribution in [0.2, 0.25) is 0 Å². The molecule has 0 radical (unpaired) electrons. The van der Waals surface area contributed by atoms with E-state index in [-0.39, 0.29) is 0 Å². The Labute approximate surface area is 106 Å². The molecule has 0 saturated heterocycles. The summed E-state index contributed by atoms with van der Waals surface area (Å²) in [7, 11) is 0. The van der Waals surface area contributed by atoms with Gasteiger partial charge >= 0.3 is 0 Å². The molecular weight excluding hydrogens is 210 g/mol. The highest BCUT2D eigenvalue weighted by Crippen LogP contribution is 2.38. The molecule has 1 fully saturated rings. The molecule has 1 N–H and O–H groups in total. The molecule has 1 unspecified atom stereocenters. The van der Waals surface area contributed by atoms with Crippen molar-refractivity contribution < 1.29 is 5.11 Å².